The molecule has 0 aromatic heterocycles. The van der Waals surface area contributed by atoms with E-state index >= 15 is 0 Å². The van der Waals surface area contributed by atoms with Gasteiger partial charge in [-0.1, -0.05) is 20.3 Å². The van der Waals surface area contributed by atoms with Crippen molar-refractivity contribution in [3.8, 4) is 0 Å². The predicted molar refractivity (Wildman–Crippen MR) is 68.7 cm³/mol. The molecule has 3 nitrogen and oxygen atoms in total. The monoisotopic (exact) mass is 248 g/mol. The van der Waals surface area contributed by atoms with Gasteiger partial charge in [0.1, 0.15) is 0 Å². The highest BCUT2D eigenvalue weighted by atomic mass is 32.2. The van der Waals surface area contributed by atoms with E-state index in [-0.39, 0.29) is 12.1 Å². The Morgan fingerprint density at radius 2 is 2.12 bits per heavy atom. The highest BCUT2D eigenvalue weighted by Gasteiger charge is 2.08. The molecule has 0 aliphatic rings. The molecule has 0 fully saturated rings. The number of carbonyl (C=O) groups is 1. The van der Waals surface area contributed by atoms with Crippen molar-refractivity contribution in [2.75, 3.05) is 18.1 Å². The molecule has 0 radical (unpaired) electrons. The van der Waals surface area contributed by atoms with E-state index in [4.69, 9.17) is 4.74 Å². The molecule has 0 aromatic carbocycles. The third kappa shape index (κ3) is 10.3. The van der Waals surface area contributed by atoms with Gasteiger partial charge in [0.25, 0.3) is 0 Å². The van der Waals surface area contributed by atoms with Crippen LogP contribution in [0.1, 0.15) is 46.0 Å². The zero-order chi connectivity index (χ0) is 12.2. The Morgan fingerprint density at radius 3 is 2.75 bits per heavy atom. The molecule has 0 saturated carbocycles. The Balaban J connectivity index is 3.36. The average Bonchev–Trinajstić information content (AvgIpc) is 2.27. The molecule has 0 amide bonds. The van der Waals surface area contributed by atoms with Gasteiger partial charge in [0.15, 0.2) is 0 Å². The molecular formula is C12H24O3S. The van der Waals surface area contributed by atoms with Gasteiger partial charge >= 0.3 is 5.97 Å². The van der Waals surface area contributed by atoms with E-state index in [0.29, 0.717) is 19.4 Å². The molecule has 0 heterocycles. The predicted octanol–water partition coefficient (Wildman–Crippen LogP) is 2.61. The molecule has 1 N–H and O–H groups in total. The average molecular weight is 248 g/mol. The van der Waals surface area contributed by atoms with Crippen LogP contribution in [0.4, 0.5) is 0 Å². The fourth-order valence-corrected chi connectivity index (χ4v) is 1.92. The van der Waals surface area contributed by atoms with E-state index in [9.17, 15) is 9.90 Å². The molecule has 0 rings (SSSR count). The molecule has 0 aromatic rings. The van der Waals surface area contributed by atoms with Crippen molar-refractivity contribution in [1.82, 2.24) is 0 Å². The molecule has 0 saturated heterocycles. The molecule has 4 heteroatoms. The van der Waals surface area contributed by atoms with Crippen LogP contribution in [0.25, 0.3) is 0 Å². The van der Waals surface area contributed by atoms with Crippen LogP contribution >= 0.6 is 11.8 Å². The molecule has 96 valence electrons. The summed E-state index contributed by atoms with van der Waals surface area (Å²) in [4.78, 5) is 11.2. The van der Waals surface area contributed by atoms with Gasteiger partial charge < -0.3 is 9.84 Å². The van der Waals surface area contributed by atoms with Crippen LogP contribution in [0.5, 0.6) is 0 Å². The van der Waals surface area contributed by atoms with Crippen molar-refractivity contribution >= 4 is 17.7 Å². The maximum atomic E-state index is 11.2. The van der Waals surface area contributed by atoms with Crippen LogP contribution in [-0.2, 0) is 9.53 Å². The zero-order valence-electron chi connectivity index (χ0n) is 10.4. The smallest absolute Gasteiger partial charge is 0.305 e. The Kier molecular flexibility index (Phi) is 11.1. The number of aliphatic hydroxyl groups is 1. The number of rotatable bonds is 10. The minimum Gasteiger partial charge on any atom is -0.466 e. The lowest BCUT2D eigenvalue weighted by molar-refractivity contribution is -0.144. The fourth-order valence-electron chi connectivity index (χ4n) is 1.20. The van der Waals surface area contributed by atoms with Gasteiger partial charge in [0, 0.05) is 6.42 Å². The Morgan fingerprint density at radius 1 is 1.38 bits per heavy atom. The highest BCUT2D eigenvalue weighted by molar-refractivity contribution is 7.99. The standard InChI is InChI=1S/C12H24O3S/c1-3-5-9-15-12(14)7-6-11(13)8-10-16-4-2/h11,13H,3-10H2,1-2H3. The molecule has 0 bridgehead atoms. The van der Waals surface area contributed by atoms with Crippen LogP contribution in [0.15, 0.2) is 0 Å². The molecule has 0 aliphatic heterocycles. The molecule has 0 spiro atoms. The summed E-state index contributed by atoms with van der Waals surface area (Å²) in [6.07, 6.45) is 3.21. The molecular weight excluding hydrogens is 224 g/mol. The van der Waals surface area contributed by atoms with E-state index in [2.05, 4.69) is 13.8 Å². The first kappa shape index (κ1) is 15.8. The summed E-state index contributed by atoms with van der Waals surface area (Å²) in [5, 5.41) is 9.58. The SMILES string of the molecule is CCCCOC(=O)CCC(O)CCSCC. The third-order valence-corrected chi connectivity index (χ3v) is 3.17. The summed E-state index contributed by atoms with van der Waals surface area (Å²) in [5.74, 6) is 1.85. The fraction of sp³-hybridized carbons (Fsp3) is 0.917. The Labute approximate surface area is 103 Å². The van der Waals surface area contributed by atoms with E-state index in [1.165, 1.54) is 0 Å². The summed E-state index contributed by atoms with van der Waals surface area (Å²) in [6, 6.07) is 0. The summed E-state index contributed by atoms with van der Waals surface area (Å²) < 4.78 is 5.00. The van der Waals surface area contributed by atoms with Crippen LogP contribution < -0.4 is 0 Å². The van der Waals surface area contributed by atoms with Gasteiger partial charge in [0.05, 0.1) is 12.7 Å². The highest BCUT2D eigenvalue weighted by Crippen LogP contribution is 2.08. The van der Waals surface area contributed by atoms with Crippen LogP contribution in [0.3, 0.4) is 0 Å². The molecule has 0 aliphatic carbocycles. The van der Waals surface area contributed by atoms with Crippen LogP contribution in [0.2, 0.25) is 0 Å². The molecule has 1 atom stereocenters. The van der Waals surface area contributed by atoms with E-state index in [0.717, 1.165) is 30.8 Å². The second-order valence-corrected chi connectivity index (χ2v) is 5.15. The lowest BCUT2D eigenvalue weighted by atomic mass is 10.1. The number of carbonyl (C=O) groups excluding carboxylic acids is 1. The quantitative estimate of drug-likeness (QED) is 0.477. The lowest BCUT2D eigenvalue weighted by Crippen LogP contribution is -2.13. The van der Waals surface area contributed by atoms with E-state index < -0.39 is 0 Å². The largest absolute Gasteiger partial charge is 0.466 e. The number of hydrogen-bond acceptors (Lipinski definition) is 4. The summed E-state index contributed by atoms with van der Waals surface area (Å²) in [7, 11) is 0. The third-order valence-electron chi connectivity index (χ3n) is 2.24. The van der Waals surface area contributed by atoms with Gasteiger partial charge in [-0.3, -0.25) is 4.79 Å². The maximum absolute atomic E-state index is 11.2. The topological polar surface area (TPSA) is 46.5 Å². The van der Waals surface area contributed by atoms with E-state index in [1.807, 2.05) is 11.8 Å². The van der Waals surface area contributed by atoms with E-state index in [1.54, 1.807) is 0 Å². The second-order valence-electron chi connectivity index (χ2n) is 3.75. The normalized spacial score (nSPS) is 12.4. The van der Waals surface area contributed by atoms with Gasteiger partial charge in [-0.2, -0.15) is 11.8 Å². The number of aliphatic hydroxyl groups excluding tert-OH is 1. The number of ether oxygens (including phenoxy) is 1. The van der Waals surface area contributed by atoms with Gasteiger partial charge in [-0.05, 0) is 30.8 Å². The van der Waals surface area contributed by atoms with Gasteiger partial charge in [0.2, 0.25) is 0 Å². The first-order valence-corrected chi connectivity index (χ1v) is 7.27. The number of unbranched alkanes of at least 4 members (excludes halogenated alkanes) is 1. The Hall–Kier alpha value is -0.220. The number of esters is 1. The van der Waals surface area contributed by atoms with Gasteiger partial charge in [-0.15, -0.1) is 0 Å². The zero-order valence-corrected chi connectivity index (χ0v) is 11.2. The minimum absolute atomic E-state index is 0.185. The Bertz CT molecular complexity index is 174. The van der Waals surface area contributed by atoms with Crippen LogP contribution in [0, 0.1) is 0 Å². The first-order chi connectivity index (χ1) is 7.70. The van der Waals surface area contributed by atoms with Crippen molar-refractivity contribution in [2.45, 2.75) is 52.1 Å². The summed E-state index contributed by atoms with van der Waals surface area (Å²) in [5.41, 5.74) is 0. The molecule has 16 heavy (non-hydrogen) atoms. The van der Waals surface area contributed by atoms with Crippen LogP contribution in [-0.4, -0.2) is 35.3 Å². The second kappa shape index (κ2) is 11.3. The minimum atomic E-state index is -0.363. The maximum Gasteiger partial charge on any atom is 0.305 e. The van der Waals surface area contributed by atoms with Crippen molar-refractivity contribution in [3.63, 3.8) is 0 Å². The van der Waals surface area contributed by atoms with Crippen molar-refractivity contribution in [2.24, 2.45) is 0 Å². The number of thioether (sulfide) groups is 1. The first-order valence-electron chi connectivity index (χ1n) is 6.12. The van der Waals surface area contributed by atoms with Crippen molar-refractivity contribution in [3.05, 3.63) is 0 Å². The summed E-state index contributed by atoms with van der Waals surface area (Å²) >= 11 is 1.81. The van der Waals surface area contributed by atoms with Gasteiger partial charge in [-0.25, -0.2) is 0 Å². The lowest BCUT2D eigenvalue weighted by Gasteiger charge is -2.09. The summed E-state index contributed by atoms with van der Waals surface area (Å²) in [6.45, 7) is 4.67. The van der Waals surface area contributed by atoms with Crippen molar-refractivity contribution < 1.29 is 14.6 Å². The number of hydrogen-bond donors (Lipinski definition) is 1. The van der Waals surface area contributed by atoms with Crippen molar-refractivity contribution in [1.29, 1.82) is 0 Å². The molecule has 1 unspecified atom stereocenters.